The van der Waals surface area contributed by atoms with E-state index in [1.54, 1.807) is 0 Å². The van der Waals surface area contributed by atoms with Gasteiger partial charge in [-0.25, -0.2) is 0 Å². The maximum atomic E-state index is 12.6. The smallest absolute Gasteiger partial charge is 0.313 e. The van der Waals surface area contributed by atoms with Gasteiger partial charge in [-0.3, -0.25) is 19.6 Å². The Balaban J connectivity index is 4.78. The van der Waals surface area contributed by atoms with Crippen molar-refractivity contribution in [3.63, 3.8) is 0 Å². The van der Waals surface area contributed by atoms with Crippen molar-refractivity contribution in [2.24, 2.45) is 9.98 Å². The molecule has 17 heteroatoms. The fraction of sp³-hybridized carbons (Fsp3) is 0.714. The Morgan fingerprint density at radius 2 is 0.839 bits per heavy atom. The number of nitrogens with one attached hydrogen (secondary N) is 1. The van der Waals surface area contributed by atoms with Crippen LogP contribution >= 0.6 is 0 Å². The number of carbonyl (C=O) groups is 2. The monoisotopic (exact) mass is 483 g/mol. The van der Waals surface area contributed by atoms with Crippen LogP contribution in [0.4, 0.5) is 52.7 Å². The van der Waals surface area contributed by atoms with Crippen molar-refractivity contribution < 1.29 is 62.3 Å². The molecule has 0 saturated carbocycles. The topological polar surface area (TPSA) is 70.9 Å². The lowest BCUT2D eigenvalue weighted by Gasteiger charge is -2.12. The van der Waals surface area contributed by atoms with Crippen molar-refractivity contribution in [2.75, 3.05) is 26.2 Å². The van der Waals surface area contributed by atoms with Crippen molar-refractivity contribution in [1.82, 2.24) is 5.32 Å². The van der Waals surface area contributed by atoms with Crippen molar-refractivity contribution >= 4 is 23.0 Å². The molecule has 0 amide bonds. The van der Waals surface area contributed by atoms with Gasteiger partial charge in [0.15, 0.2) is 0 Å². The molecule has 0 atom stereocenters. The van der Waals surface area contributed by atoms with Crippen LogP contribution < -0.4 is 5.32 Å². The van der Waals surface area contributed by atoms with Gasteiger partial charge in [0, 0.05) is 13.1 Å². The summed E-state index contributed by atoms with van der Waals surface area (Å²) in [4.78, 5) is 26.9. The molecule has 31 heavy (non-hydrogen) atoms. The van der Waals surface area contributed by atoms with Crippen molar-refractivity contribution in [2.45, 2.75) is 37.5 Å². The second kappa shape index (κ2) is 10.9. The van der Waals surface area contributed by atoms with E-state index in [0.29, 0.717) is 0 Å². The molecule has 0 saturated heterocycles. The van der Waals surface area contributed by atoms with E-state index < -0.39 is 86.7 Å². The minimum atomic E-state index is -5.51. The van der Waals surface area contributed by atoms with Gasteiger partial charge in [0.1, 0.15) is 11.4 Å². The van der Waals surface area contributed by atoms with Crippen LogP contribution in [0.2, 0.25) is 0 Å². The van der Waals surface area contributed by atoms with Gasteiger partial charge in [-0.05, 0) is 0 Å². The number of halogens is 12. The Hall–Kier alpha value is -2.20. The van der Waals surface area contributed by atoms with Gasteiger partial charge in [0.05, 0.1) is 25.9 Å². The molecule has 0 spiro atoms. The quantitative estimate of drug-likeness (QED) is 0.293. The summed E-state index contributed by atoms with van der Waals surface area (Å²) in [6.07, 6.45) is -25.8. The van der Waals surface area contributed by atoms with Crippen LogP contribution in [0.15, 0.2) is 9.98 Å². The molecular weight excluding hydrogens is 470 g/mol. The van der Waals surface area contributed by atoms with Gasteiger partial charge in [0.2, 0.25) is 11.6 Å². The van der Waals surface area contributed by atoms with Crippen molar-refractivity contribution in [3.8, 4) is 0 Å². The Labute approximate surface area is 165 Å². The number of aliphatic imine (C=N–C) groups is 2. The van der Waals surface area contributed by atoms with Crippen LogP contribution in [-0.2, 0) is 9.59 Å². The van der Waals surface area contributed by atoms with Gasteiger partial charge in [0.25, 0.3) is 0 Å². The molecule has 5 nitrogen and oxygen atoms in total. The minimum Gasteiger partial charge on any atom is -0.313 e. The van der Waals surface area contributed by atoms with E-state index in [1.807, 2.05) is 0 Å². The summed E-state index contributed by atoms with van der Waals surface area (Å²) in [6, 6.07) is 0. The SMILES string of the molecule is O=C(CC(=NCCNCCN=C(CC(=O)C(F)(F)F)C(F)(F)F)C(F)(F)F)C(F)(F)F. The maximum Gasteiger partial charge on any atom is 0.450 e. The highest BCUT2D eigenvalue weighted by Gasteiger charge is 2.45. The normalized spacial score (nSPS) is 14.7. The zero-order valence-corrected chi connectivity index (χ0v) is 15.0. The molecule has 0 unspecified atom stereocenters. The molecule has 0 aliphatic carbocycles. The molecule has 0 aliphatic rings. The first kappa shape index (κ1) is 28.8. The van der Waals surface area contributed by atoms with Crippen molar-refractivity contribution in [1.29, 1.82) is 0 Å². The summed E-state index contributed by atoms with van der Waals surface area (Å²) < 4.78 is 148. The van der Waals surface area contributed by atoms with E-state index in [4.69, 9.17) is 0 Å². The van der Waals surface area contributed by atoms with Crippen molar-refractivity contribution in [3.05, 3.63) is 0 Å². The average Bonchev–Trinajstić information content (AvgIpc) is 2.54. The first-order chi connectivity index (χ1) is 13.8. The fourth-order valence-corrected chi connectivity index (χ4v) is 1.66. The predicted molar refractivity (Wildman–Crippen MR) is 80.9 cm³/mol. The Morgan fingerprint density at radius 1 is 0.548 bits per heavy atom. The highest BCUT2D eigenvalue weighted by atomic mass is 19.4. The van der Waals surface area contributed by atoms with E-state index in [1.165, 1.54) is 0 Å². The number of hydrogen-bond acceptors (Lipinski definition) is 5. The molecule has 0 aliphatic heterocycles. The largest absolute Gasteiger partial charge is 0.450 e. The van der Waals surface area contributed by atoms with Gasteiger partial charge >= 0.3 is 24.7 Å². The van der Waals surface area contributed by atoms with Gasteiger partial charge in [-0.15, -0.1) is 0 Å². The van der Waals surface area contributed by atoms with Gasteiger partial charge in [-0.1, -0.05) is 0 Å². The summed E-state index contributed by atoms with van der Waals surface area (Å²) in [6.45, 7) is -2.64. The van der Waals surface area contributed by atoms with Crippen LogP contribution in [-0.4, -0.2) is 73.9 Å². The lowest BCUT2D eigenvalue weighted by atomic mass is 10.2. The summed E-state index contributed by atoms with van der Waals surface area (Å²) >= 11 is 0. The number of carbonyl (C=O) groups excluding carboxylic acids is 2. The molecule has 0 heterocycles. The van der Waals surface area contributed by atoms with Crippen LogP contribution in [0.5, 0.6) is 0 Å². The minimum absolute atomic E-state index is 0.502. The Bertz CT molecular complexity index is 629. The third kappa shape index (κ3) is 11.7. The lowest BCUT2D eigenvalue weighted by molar-refractivity contribution is -0.170. The Kier molecular flexibility index (Phi) is 10.1. The molecule has 0 aromatic rings. The van der Waals surface area contributed by atoms with Crippen LogP contribution in [0.1, 0.15) is 12.8 Å². The number of nitrogens with zero attached hydrogens (tertiary/aromatic N) is 2. The number of hydrogen-bond donors (Lipinski definition) is 1. The molecule has 180 valence electrons. The molecule has 0 rings (SSSR count). The van der Waals surface area contributed by atoms with E-state index in [9.17, 15) is 62.3 Å². The van der Waals surface area contributed by atoms with Crippen LogP contribution in [0, 0.1) is 0 Å². The molecule has 0 bridgehead atoms. The van der Waals surface area contributed by atoms with E-state index >= 15 is 0 Å². The van der Waals surface area contributed by atoms with Crippen LogP contribution in [0.25, 0.3) is 0 Å². The summed E-state index contributed by atoms with van der Waals surface area (Å²) in [7, 11) is 0. The molecule has 0 fully saturated rings. The second-order valence-electron chi connectivity index (χ2n) is 5.60. The fourth-order valence-electron chi connectivity index (χ4n) is 1.66. The third-order valence-electron chi connectivity index (χ3n) is 3.13. The first-order valence-corrected chi connectivity index (χ1v) is 7.88. The molecule has 0 aromatic carbocycles. The molecule has 1 N–H and O–H groups in total. The zero-order valence-electron chi connectivity index (χ0n) is 15.0. The standard InChI is InChI=1S/C14H13F12N3O2/c15-11(16,17)7(5-9(30)13(21,22)23)28-3-1-27-2-4-29-8(12(18,19)20)6-10(31)14(24,25)26/h27H,1-6H2. The van der Waals surface area contributed by atoms with E-state index in [2.05, 4.69) is 15.3 Å². The van der Waals surface area contributed by atoms with Gasteiger partial charge < -0.3 is 5.32 Å². The highest BCUT2D eigenvalue weighted by molar-refractivity contribution is 6.07. The average molecular weight is 483 g/mol. The summed E-state index contributed by atoms with van der Waals surface area (Å²) in [5.74, 6) is -5.36. The molecular formula is C14H13F12N3O2. The van der Waals surface area contributed by atoms with Crippen LogP contribution in [0.3, 0.4) is 0 Å². The third-order valence-corrected chi connectivity index (χ3v) is 3.13. The number of alkyl halides is 12. The highest BCUT2D eigenvalue weighted by Crippen LogP contribution is 2.25. The Morgan fingerprint density at radius 3 is 1.06 bits per heavy atom. The zero-order chi connectivity index (χ0) is 24.7. The van der Waals surface area contributed by atoms with E-state index in [0.717, 1.165) is 0 Å². The number of Topliss-reactive ketones (excluding diaryl/α,β-unsaturated/α-hetero) is 2. The summed E-state index contributed by atoms with van der Waals surface area (Å²) in [5, 5.41) is 2.20. The number of rotatable bonds is 10. The predicted octanol–water partition coefficient (Wildman–Crippen LogP) is 3.63. The first-order valence-electron chi connectivity index (χ1n) is 7.88. The second-order valence-corrected chi connectivity index (χ2v) is 5.60. The molecule has 0 radical (unpaired) electrons. The van der Waals surface area contributed by atoms with Gasteiger partial charge in [-0.2, -0.15) is 52.7 Å². The molecule has 0 aromatic heterocycles. The summed E-state index contributed by atoms with van der Waals surface area (Å²) in [5.41, 5.74) is -4.03. The lowest BCUT2D eigenvalue weighted by Crippen LogP contribution is -2.33. The number of ketones is 2. The maximum absolute atomic E-state index is 12.6. The van der Waals surface area contributed by atoms with E-state index in [-0.39, 0.29) is 0 Å².